The number of hydrogen-bond acceptors (Lipinski definition) is 4. The predicted molar refractivity (Wildman–Crippen MR) is 69.6 cm³/mol. The van der Waals surface area contributed by atoms with Gasteiger partial charge in [0, 0.05) is 18.3 Å². The fourth-order valence-electron chi connectivity index (χ4n) is 1.74. The molecule has 2 atom stereocenters. The summed E-state index contributed by atoms with van der Waals surface area (Å²) in [6.45, 7) is 1.95. The van der Waals surface area contributed by atoms with Crippen LogP contribution in [0.2, 0.25) is 0 Å². The fourth-order valence-corrected chi connectivity index (χ4v) is 2.37. The summed E-state index contributed by atoms with van der Waals surface area (Å²) in [6.07, 6.45) is 2.02. The Balaban J connectivity index is 2.93. The first-order valence-electron chi connectivity index (χ1n) is 5.57. The van der Waals surface area contributed by atoms with Crippen molar-refractivity contribution in [2.75, 3.05) is 13.3 Å². The van der Waals surface area contributed by atoms with E-state index >= 15 is 0 Å². The molecular weight excluding hydrogens is 236 g/mol. The van der Waals surface area contributed by atoms with Crippen LogP contribution in [0, 0.1) is 0 Å². The van der Waals surface area contributed by atoms with E-state index in [0.717, 1.165) is 12.0 Å². The van der Waals surface area contributed by atoms with Crippen molar-refractivity contribution in [2.24, 2.45) is 5.73 Å². The molecule has 0 bridgehead atoms. The molecule has 0 radical (unpaired) electrons. The average molecular weight is 256 g/mol. The van der Waals surface area contributed by atoms with Crippen LogP contribution in [-0.2, 0) is 9.84 Å². The van der Waals surface area contributed by atoms with Crippen LogP contribution in [0.25, 0.3) is 0 Å². The van der Waals surface area contributed by atoms with Gasteiger partial charge in [0.05, 0.1) is 4.90 Å². The van der Waals surface area contributed by atoms with Gasteiger partial charge >= 0.3 is 0 Å². The van der Waals surface area contributed by atoms with E-state index in [1.54, 1.807) is 12.1 Å². The molecule has 0 fully saturated rings. The highest BCUT2D eigenvalue weighted by Crippen LogP contribution is 2.19. The summed E-state index contributed by atoms with van der Waals surface area (Å²) < 4.78 is 22.7. The van der Waals surface area contributed by atoms with Crippen LogP contribution in [0.15, 0.2) is 29.2 Å². The molecule has 17 heavy (non-hydrogen) atoms. The summed E-state index contributed by atoms with van der Waals surface area (Å²) in [5.41, 5.74) is 6.82. The first-order valence-corrected chi connectivity index (χ1v) is 7.46. The summed E-state index contributed by atoms with van der Waals surface area (Å²) in [4.78, 5) is 0.344. The van der Waals surface area contributed by atoms with Gasteiger partial charge in [-0.1, -0.05) is 12.1 Å². The van der Waals surface area contributed by atoms with Crippen molar-refractivity contribution >= 4 is 9.84 Å². The maximum Gasteiger partial charge on any atom is 0.175 e. The fraction of sp³-hybridized carbons (Fsp3) is 0.500. The molecule has 0 heterocycles. The van der Waals surface area contributed by atoms with E-state index in [4.69, 9.17) is 5.73 Å². The van der Waals surface area contributed by atoms with Gasteiger partial charge in [-0.3, -0.25) is 0 Å². The molecule has 96 valence electrons. The molecule has 3 N–H and O–H groups in total. The second-order valence-electron chi connectivity index (χ2n) is 4.40. The molecule has 0 saturated heterocycles. The Hall–Kier alpha value is -0.910. The first-order chi connectivity index (χ1) is 7.84. The lowest BCUT2D eigenvalue weighted by Gasteiger charge is -2.18. The number of benzene rings is 1. The van der Waals surface area contributed by atoms with E-state index in [0.29, 0.717) is 4.90 Å². The summed E-state index contributed by atoms with van der Waals surface area (Å²) >= 11 is 0. The number of nitrogens with one attached hydrogen (secondary N) is 1. The van der Waals surface area contributed by atoms with E-state index in [9.17, 15) is 8.42 Å². The average Bonchev–Trinajstić information content (AvgIpc) is 2.24. The molecule has 0 aliphatic carbocycles. The van der Waals surface area contributed by atoms with E-state index < -0.39 is 9.84 Å². The summed E-state index contributed by atoms with van der Waals surface area (Å²) in [7, 11) is -1.25. The first kappa shape index (κ1) is 14.2. The molecule has 0 aromatic heterocycles. The van der Waals surface area contributed by atoms with Gasteiger partial charge in [0.15, 0.2) is 9.84 Å². The summed E-state index contributed by atoms with van der Waals surface area (Å²) in [5.74, 6) is 0. The van der Waals surface area contributed by atoms with Crippen molar-refractivity contribution in [1.82, 2.24) is 5.32 Å². The Morgan fingerprint density at radius 2 is 1.82 bits per heavy atom. The van der Waals surface area contributed by atoms with E-state index in [1.807, 2.05) is 26.1 Å². The number of rotatable bonds is 5. The molecule has 4 nitrogen and oxygen atoms in total. The second-order valence-corrected chi connectivity index (χ2v) is 6.41. The van der Waals surface area contributed by atoms with Crippen LogP contribution in [0.4, 0.5) is 0 Å². The second kappa shape index (κ2) is 5.62. The number of hydrogen-bond donors (Lipinski definition) is 2. The van der Waals surface area contributed by atoms with Gasteiger partial charge in [0.25, 0.3) is 0 Å². The van der Waals surface area contributed by atoms with E-state index in [2.05, 4.69) is 5.32 Å². The quantitative estimate of drug-likeness (QED) is 0.827. The molecular formula is C12H20N2O2S. The van der Waals surface area contributed by atoms with Crippen molar-refractivity contribution in [3.8, 4) is 0 Å². The van der Waals surface area contributed by atoms with Gasteiger partial charge < -0.3 is 11.1 Å². The van der Waals surface area contributed by atoms with Gasteiger partial charge in [-0.25, -0.2) is 8.42 Å². The normalized spacial score (nSPS) is 15.5. The Morgan fingerprint density at radius 3 is 2.18 bits per heavy atom. The molecule has 0 aliphatic rings. The van der Waals surface area contributed by atoms with Crippen LogP contribution in [0.5, 0.6) is 0 Å². The summed E-state index contributed by atoms with van der Waals surface area (Å²) in [5, 5.41) is 3.18. The van der Waals surface area contributed by atoms with Crippen LogP contribution in [0.1, 0.15) is 24.9 Å². The molecule has 0 amide bonds. The Kier molecular flexibility index (Phi) is 4.68. The van der Waals surface area contributed by atoms with Gasteiger partial charge in [0.1, 0.15) is 0 Å². The smallest absolute Gasteiger partial charge is 0.175 e. The summed E-state index contributed by atoms with van der Waals surface area (Å²) in [6, 6.07) is 7.19. The monoisotopic (exact) mass is 256 g/mol. The molecule has 1 rings (SSSR count). The van der Waals surface area contributed by atoms with Crippen LogP contribution < -0.4 is 11.1 Å². The minimum absolute atomic E-state index is 0.0991. The highest BCUT2D eigenvalue weighted by atomic mass is 32.2. The molecule has 1 aromatic rings. The zero-order valence-electron chi connectivity index (χ0n) is 10.5. The zero-order valence-corrected chi connectivity index (χ0v) is 11.3. The van der Waals surface area contributed by atoms with E-state index in [1.165, 1.54) is 6.26 Å². The van der Waals surface area contributed by atoms with E-state index in [-0.39, 0.29) is 12.1 Å². The van der Waals surface area contributed by atoms with Gasteiger partial charge in [0.2, 0.25) is 0 Å². The minimum atomic E-state index is -3.12. The van der Waals surface area contributed by atoms with Crippen molar-refractivity contribution < 1.29 is 8.42 Å². The van der Waals surface area contributed by atoms with Crippen LogP contribution in [-0.4, -0.2) is 27.8 Å². The van der Waals surface area contributed by atoms with Crippen LogP contribution >= 0.6 is 0 Å². The standard InChI is InChI=1S/C12H20N2O2S/c1-9(13)8-12(14-2)10-4-6-11(7-5-10)17(3,15)16/h4-7,9,12,14H,8,13H2,1-3H3. The highest BCUT2D eigenvalue weighted by molar-refractivity contribution is 7.90. The third kappa shape index (κ3) is 4.11. The lowest BCUT2D eigenvalue weighted by molar-refractivity contribution is 0.499. The molecule has 2 unspecified atom stereocenters. The van der Waals surface area contributed by atoms with Crippen molar-refractivity contribution in [1.29, 1.82) is 0 Å². The van der Waals surface area contributed by atoms with Crippen molar-refractivity contribution in [3.05, 3.63) is 29.8 Å². The van der Waals surface area contributed by atoms with Gasteiger partial charge in [-0.05, 0) is 38.1 Å². The lowest BCUT2D eigenvalue weighted by atomic mass is 10.0. The van der Waals surface area contributed by atoms with Crippen molar-refractivity contribution in [2.45, 2.75) is 30.3 Å². The lowest BCUT2D eigenvalue weighted by Crippen LogP contribution is -2.25. The Morgan fingerprint density at radius 1 is 1.29 bits per heavy atom. The maximum atomic E-state index is 11.3. The molecule has 5 heteroatoms. The Bertz CT molecular complexity index is 452. The molecule has 0 saturated carbocycles. The minimum Gasteiger partial charge on any atom is -0.328 e. The number of nitrogens with two attached hydrogens (primary N) is 1. The molecule has 1 aromatic carbocycles. The SMILES string of the molecule is CNC(CC(C)N)c1ccc(S(C)(=O)=O)cc1. The Labute approximate surface area is 103 Å². The van der Waals surface area contributed by atoms with Crippen LogP contribution in [0.3, 0.4) is 0 Å². The zero-order chi connectivity index (χ0) is 13.1. The predicted octanol–water partition coefficient (Wildman–Crippen LogP) is 1.09. The third-order valence-corrected chi connectivity index (χ3v) is 3.80. The third-order valence-electron chi connectivity index (χ3n) is 2.67. The number of sulfone groups is 1. The van der Waals surface area contributed by atoms with Gasteiger partial charge in [-0.2, -0.15) is 0 Å². The van der Waals surface area contributed by atoms with Crippen molar-refractivity contribution in [3.63, 3.8) is 0 Å². The maximum absolute atomic E-state index is 11.3. The highest BCUT2D eigenvalue weighted by Gasteiger charge is 2.13. The largest absolute Gasteiger partial charge is 0.328 e. The molecule has 0 spiro atoms. The molecule has 0 aliphatic heterocycles. The topological polar surface area (TPSA) is 72.2 Å². The van der Waals surface area contributed by atoms with Gasteiger partial charge in [-0.15, -0.1) is 0 Å².